The maximum Gasteiger partial charge on any atom is 0.311 e. The fourth-order valence-corrected chi connectivity index (χ4v) is 3.24. The SMILES string of the molecule is COc1ccc(C(=O)N(C)[C@@H](C)c2cccc(NC(=O)c3ccccc3)c2)cc1[N+](=O)[O-]. The summed E-state index contributed by atoms with van der Waals surface area (Å²) in [5.74, 6) is -0.517. The number of hydrogen-bond donors (Lipinski definition) is 1. The number of rotatable bonds is 7. The number of methoxy groups -OCH3 is 1. The molecule has 0 saturated carbocycles. The summed E-state index contributed by atoms with van der Waals surface area (Å²) in [6.45, 7) is 1.84. The summed E-state index contributed by atoms with van der Waals surface area (Å²) in [6.07, 6.45) is 0. The molecule has 8 nitrogen and oxygen atoms in total. The topological polar surface area (TPSA) is 102 Å². The van der Waals surface area contributed by atoms with Crippen LogP contribution in [0.25, 0.3) is 0 Å². The number of hydrogen-bond acceptors (Lipinski definition) is 5. The van der Waals surface area contributed by atoms with Gasteiger partial charge in [0.05, 0.1) is 18.1 Å². The van der Waals surface area contributed by atoms with Crippen LogP contribution in [0.4, 0.5) is 11.4 Å². The van der Waals surface area contributed by atoms with E-state index in [1.807, 2.05) is 19.1 Å². The Morgan fingerprint density at radius 3 is 2.38 bits per heavy atom. The molecule has 0 fully saturated rings. The molecule has 0 heterocycles. The average molecular weight is 433 g/mol. The predicted molar refractivity (Wildman–Crippen MR) is 121 cm³/mol. The van der Waals surface area contributed by atoms with Crippen LogP contribution in [0.2, 0.25) is 0 Å². The molecule has 32 heavy (non-hydrogen) atoms. The highest BCUT2D eigenvalue weighted by Gasteiger charge is 2.23. The van der Waals surface area contributed by atoms with Crippen LogP contribution in [-0.4, -0.2) is 35.8 Å². The van der Waals surface area contributed by atoms with E-state index in [1.54, 1.807) is 49.5 Å². The van der Waals surface area contributed by atoms with Crippen LogP contribution in [0.15, 0.2) is 72.8 Å². The van der Waals surface area contributed by atoms with Crippen molar-refractivity contribution in [1.29, 1.82) is 0 Å². The van der Waals surface area contributed by atoms with Crippen LogP contribution in [0.5, 0.6) is 5.75 Å². The largest absolute Gasteiger partial charge is 0.490 e. The maximum atomic E-state index is 13.0. The Morgan fingerprint density at radius 1 is 1.00 bits per heavy atom. The molecule has 0 bridgehead atoms. The van der Waals surface area contributed by atoms with Gasteiger partial charge in [-0.15, -0.1) is 0 Å². The van der Waals surface area contributed by atoms with Crippen molar-refractivity contribution in [1.82, 2.24) is 4.90 Å². The molecule has 1 atom stereocenters. The third-order valence-corrected chi connectivity index (χ3v) is 5.19. The lowest BCUT2D eigenvalue weighted by atomic mass is 10.0. The normalized spacial score (nSPS) is 11.3. The number of benzene rings is 3. The van der Waals surface area contributed by atoms with Crippen LogP contribution in [-0.2, 0) is 0 Å². The summed E-state index contributed by atoms with van der Waals surface area (Å²) in [5.41, 5.74) is 1.85. The molecule has 0 aromatic heterocycles. The number of ether oxygens (including phenoxy) is 1. The van der Waals surface area contributed by atoms with E-state index in [0.717, 1.165) is 5.56 Å². The van der Waals surface area contributed by atoms with E-state index in [9.17, 15) is 19.7 Å². The highest BCUT2D eigenvalue weighted by Crippen LogP contribution is 2.29. The lowest BCUT2D eigenvalue weighted by Gasteiger charge is -2.26. The second kappa shape index (κ2) is 9.74. The molecule has 0 spiro atoms. The fourth-order valence-electron chi connectivity index (χ4n) is 3.24. The van der Waals surface area contributed by atoms with E-state index in [1.165, 1.54) is 30.2 Å². The Morgan fingerprint density at radius 2 is 1.72 bits per heavy atom. The van der Waals surface area contributed by atoms with Gasteiger partial charge in [0.2, 0.25) is 0 Å². The number of carbonyl (C=O) groups is 2. The van der Waals surface area contributed by atoms with Gasteiger partial charge in [-0.05, 0) is 48.9 Å². The fraction of sp³-hybridized carbons (Fsp3) is 0.167. The Labute approximate surface area is 185 Å². The van der Waals surface area contributed by atoms with E-state index < -0.39 is 4.92 Å². The summed E-state index contributed by atoms with van der Waals surface area (Å²) < 4.78 is 4.99. The summed E-state index contributed by atoms with van der Waals surface area (Å²) >= 11 is 0. The van der Waals surface area contributed by atoms with Crippen molar-refractivity contribution in [3.05, 3.63) is 99.6 Å². The number of carbonyl (C=O) groups excluding carboxylic acids is 2. The van der Waals surface area contributed by atoms with Crippen molar-refractivity contribution in [3.8, 4) is 5.75 Å². The third-order valence-electron chi connectivity index (χ3n) is 5.19. The number of nitrogens with zero attached hydrogens (tertiary/aromatic N) is 2. The Kier molecular flexibility index (Phi) is 6.84. The van der Waals surface area contributed by atoms with Crippen molar-refractivity contribution < 1.29 is 19.2 Å². The molecule has 0 aliphatic heterocycles. The molecular formula is C24H23N3O5. The van der Waals surface area contributed by atoms with Crippen LogP contribution in [0.3, 0.4) is 0 Å². The van der Waals surface area contributed by atoms with Gasteiger partial charge in [-0.2, -0.15) is 0 Å². The first-order valence-electron chi connectivity index (χ1n) is 9.87. The van der Waals surface area contributed by atoms with Gasteiger partial charge < -0.3 is 15.0 Å². The predicted octanol–water partition coefficient (Wildman–Crippen LogP) is 4.69. The van der Waals surface area contributed by atoms with Gasteiger partial charge in [0.25, 0.3) is 11.8 Å². The van der Waals surface area contributed by atoms with Crippen LogP contribution < -0.4 is 10.1 Å². The number of nitrogens with one attached hydrogen (secondary N) is 1. The summed E-state index contributed by atoms with van der Waals surface area (Å²) in [4.78, 5) is 37.6. The van der Waals surface area contributed by atoms with E-state index in [4.69, 9.17) is 4.74 Å². The van der Waals surface area contributed by atoms with Gasteiger partial charge in [0, 0.05) is 29.9 Å². The van der Waals surface area contributed by atoms with Crippen LogP contribution in [0, 0.1) is 10.1 Å². The first-order valence-corrected chi connectivity index (χ1v) is 9.87. The number of amides is 2. The van der Waals surface area contributed by atoms with Gasteiger partial charge >= 0.3 is 5.69 Å². The molecule has 164 valence electrons. The molecule has 0 unspecified atom stereocenters. The summed E-state index contributed by atoms with van der Waals surface area (Å²) in [6, 6.07) is 19.8. The molecule has 1 N–H and O–H groups in total. The van der Waals surface area contributed by atoms with Crippen LogP contribution >= 0.6 is 0 Å². The zero-order valence-electron chi connectivity index (χ0n) is 17.9. The molecule has 0 aliphatic carbocycles. The maximum absolute atomic E-state index is 13.0. The monoisotopic (exact) mass is 433 g/mol. The molecule has 2 amide bonds. The summed E-state index contributed by atoms with van der Waals surface area (Å²) in [7, 11) is 2.96. The first kappa shape index (κ1) is 22.5. The van der Waals surface area contributed by atoms with Crippen molar-refractivity contribution in [3.63, 3.8) is 0 Å². The highest BCUT2D eigenvalue weighted by atomic mass is 16.6. The Bertz CT molecular complexity index is 1150. The standard InChI is InChI=1S/C24H23N3O5/c1-16(26(2)24(29)19-12-13-22(32-3)21(15-19)27(30)31)18-10-7-11-20(14-18)25-23(28)17-8-5-4-6-9-17/h4-16H,1-3H3,(H,25,28)/t16-/m0/s1. The van der Waals surface area contributed by atoms with E-state index in [0.29, 0.717) is 11.3 Å². The number of nitro benzene ring substituents is 1. The smallest absolute Gasteiger partial charge is 0.311 e. The molecule has 0 radical (unpaired) electrons. The van der Waals surface area contributed by atoms with E-state index in [-0.39, 0.29) is 34.9 Å². The molecule has 3 rings (SSSR count). The minimum absolute atomic E-state index is 0.0871. The van der Waals surface area contributed by atoms with Gasteiger partial charge in [0.1, 0.15) is 0 Å². The minimum atomic E-state index is -0.585. The zero-order valence-corrected chi connectivity index (χ0v) is 17.9. The van der Waals surface area contributed by atoms with Gasteiger partial charge in [-0.3, -0.25) is 19.7 Å². The quantitative estimate of drug-likeness (QED) is 0.430. The second-order valence-corrected chi connectivity index (χ2v) is 7.18. The Balaban J connectivity index is 1.78. The van der Waals surface area contributed by atoms with Gasteiger partial charge in [-0.1, -0.05) is 30.3 Å². The molecule has 0 saturated heterocycles. The third kappa shape index (κ3) is 4.92. The van der Waals surface area contributed by atoms with E-state index >= 15 is 0 Å². The number of anilines is 1. The second-order valence-electron chi connectivity index (χ2n) is 7.18. The van der Waals surface area contributed by atoms with Crippen LogP contribution in [0.1, 0.15) is 39.2 Å². The minimum Gasteiger partial charge on any atom is -0.490 e. The number of nitro groups is 1. The van der Waals surface area contributed by atoms with Crippen molar-refractivity contribution in [2.24, 2.45) is 0 Å². The molecule has 0 aliphatic rings. The van der Waals surface area contributed by atoms with Gasteiger partial charge in [0.15, 0.2) is 5.75 Å². The Hall–Kier alpha value is -4.20. The first-order chi connectivity index (χ1) is 15.3. The van der Waals surface area contributed by atoms with Crippen molar-refractivity contribution in [2.75, 3.05) is 19.5 Å². The van der Waals surface area contributed by atoms with Crippen molar-refractivity contribution >= 4 is 23.2 Å². The molecule has 3 aromatic carbocycles. The lowest BCUT2D eigenvalue weighted by molar-refractivity contribution is -0.385. The van der Waals surface area contributed by atoms with E-state index in [2.05, 4.69) is 5.32 Å². The lowest BCUT2D eigenvalue weighted by Crippen LogP contribution is -2.29. The molecular weight excluding hydrogens is 410 g/mol. The van der Waals surface area contributed by atoms with Crippen molar-refractivity contribution in [2.45, 2.75) is 13.0 Å². The molecule has 8 heteroatoms. The molecule has 3 aromatic rings. The highest BCUT2D eigenvalue weighted by molar-refractivity contribution is 6.04. The average Bonchev–Trinajstić information content (AvgIpc) is 2.82. The summed E-state index contributed by atoms with van der Waals surface area (Å²) in [5, 5.41) is 14.1. The zero-order chi connectivity index (χ0) is 23.3. The van der Waals surface area contributed by atoms with Gasteiger partial charge in [-0.25, -0.2) is 0 Å².